The second-order valence-electron chi connectivity index (χ2n) is 4.55. The zero-order valence-electron chi connectivity index (χ0n) is 10.4. The van der Waals surface area contributed by atoms with Crippen molar-refractivity contribution in [2.24, 2.45) is 0 Å². The second-order valence-corrected chi connectivity index (χ2v) is 4.55. The van der Waals surface area contributed by atoms with Gasteiger partial charge in [0.1, 0.15) is 5.82 Å². The van der Waals surface area contributed by atoms with E-state index in [0.717, 1.165) is 25.0 Å². The van der Waals surface area contributed by atoms with Gasteiger partial charge in [-0.3, -0.25) is 0 Å². The number of alkyl halides is 3. The molecule has 1 aromatic carbocycles. The Morgan fingerprint density at radius 2 is 2.11 bits per heavy atom. The Morgan fingerprint density at radius 1 is 1.37 bits per heavy atom. The van der Waals surface area contributed by atoms with E-state index in [1.165, 1.54) is 6.07 Å². The summed E-state index contributed by atoms with van der Waals surface area (Å²) in [7, 11) is 1.66. The molecule has 1 heterocycles. The van der Waals surface area contributed by atoms with Crippen LogP contribution in [0.4, 0.5) is 17.6 Å². The van der Waals surface area contributed by atoms with Crippen molar-refractivity contribution in [3.8, 4) is 0 Å². The quantitative estimate of drug-likeness (QED) is 0.856. The highest BCUT2D eigenvalue weighted by Crippen LogP contribution is 2.34. The summed E-state index contributed by atoms with van der Waals surface area (Å²) < 4.78 is 56.8. The summed E-state index contributed by atoms with van der Waals surface area (Å²) in [5, 5.41) is 2.94. The van der Waals surface area contributed by atoms with Crippen LogP contribution < -0.4 is 5.32 Å². The van der Waals surface area contributed by atoms with Crippen LogP contribution in [0.25, 0.3) is 0 Å². The minimum absolute atomic E-state index is 0.170. The molecule has 2 unspecified atom stereocenters. The number of ether oxygens (including phenoxy) is 1. The third-order valence-corrected chi connectivity index (χ3v) is 3.30. The predicted octanol–water partition coefficient (Wildman–Crippen LogP) is 3.28. The average molecular weight is 277 g/mol. The summed E-state index contributed by atoms with van der Waals surface area (Å²) in [4.78, 5) is 0. The molecule has 1 N–H and O–H groups in total. The van der Waals surface area contributed by atoms with E-state index in [4.69, 9.17) is 4.74 Å². The molecule has 0 aromatic heterocycles. The average Bonchev–Trinajstić information content (AvgIpc) is 2.84. The summed E-state index contributed by atoms with van der Waals surface area (Å²) >= 11 is 0. The van der Waals surface area contributed by atoms with Gasteiger partial charge in [-0.15, -0.1) is 0 Å². The minimum Gasteiger partial charge on any atom is -0.376 e. The number of nitrogens with one attached hydrogen (secondary N) is 1. The lowest BCUT2D eigenvalue weighted by molar-refractivity contribution is -0.140. The van der Waals surface area contributed by atoms with E-state index in [1.807, 2.05) is 0 Å². The molecule has 106 valence electrons. The van der Waals surface area contributed by atoms with Crippen molar-refractivity contribution >= 4 is 0 Å². The van der Waals surface area contributed by atoms with Crippen LogP contribution >= 0.6 is 0 Å². The topological polar surface area (TPSA) is 21.3 Å². The van der Waals surface area contributed by atoms with Gasteiger partial charge in [0.25, 0.3) is 0 Å². The lowest BCUT2D eigenvalue weighted by Gasteiger charge is -2.23. The first kappa shape index (κ1) is 14.3. The molecular formula is C13H15F4NO. The Balaban J connectivity index is 2.33. The maximum absolute atomic E-state index is 13.2. The SMILES string of the molecule is CNC(c1ccc(F)c(C(F)(F)F)c1)C1CCCO1. The van der Waals surface area contributed by atoms with Crippen LogP contribution in [0.5, 0.6) is 0 Å². The van der Waals surface area contributed by atoms with Gasteiger partial charge in [-0.2, -0.15) is 13.2 Å². The van der Waals surface area contributed by atoms with E-state index < -0.39 is 17.6 Å². The molecule has 0 bridgehead atoms. The molecule has 1 aliphatic rings. The number of halogens is 4. The molecule has 0 amide bonds. The van der Waals surface area contributed by atoms with Crippen LogP contribution in [0, 0.1) is 5.82 Å². The molecule has 0 radical (unpaired) electrons. The molecule has 1 aliphatic heterocycles. The fourth-order valence-corrected chi connectivity index (χ4v) is 2.39. The molecule has 1 saturated heterocycles. The molecule has 19 heavy (non-hydrogen) atoms. The molecule has 6 heteroatoms. The summed E-state index contributed by atoms with van der Waals surface area (Å²) in [6.45, 7) is 0.607. The summed E-state index contributed by atoms with van der Waals surface area (Å²) in [5.74, 6) is -1.25. The molecule has 0 saturated carbocycles. The van der Waals surface area contributed by atoms with Gasteiger partial charge in [-0.05, 0) is 37.6 Å². The van der Waals surface area contributed by atoms with Crippen molar-refractivity contribution in [3.05, 3.63) is 35.1 Å². The molecule has 2 rings (SSSR count). The molecule has 2 atom stereocenters. The first-order valence-corrected chi connectivity index (χ1v) is 6.09. The number of hydrogen-bond donors (Lipinski definition) is 1. The standard InChI is InChI=1S/C13H15F4NO/c1-18-12(11-3-2-6-19-11)8-4-5-10(14)9(7-8)13(15,16)17/h4-5,7,11-12,18H,2-3,6H2,1H3. The normalized spacial score (nSPS) is 21.6. The fourth-order valence-electron chi connectivity index (χ4n) is 2.39. The smallest absolute Gasteiger partial charge is 0.376 e. The first-order valence-electron chi connectivity index (χ1n) is 6.09. The van der Waals surface area contributed by atoms with Crippen LogP contribution in [0.3, 0.4) is 0 Å². The van der Waals surface area contributed by atoms with Gasteiger partial charge in [0, 0.05) is 6.61 Å². The number of hydrogen-bond acceptors (Lipinski definition) is 2. The third kappa shape index (κ3) is 3.06. The fraction of sp³-hybridized carbons (Fsp3) is 0.538. The van der Waals surface area contributed by atoms with Gasteiger partial charge in [0.05, 0.1) is 17.7 Å². The largest absolute Gasteiger partial charge is 0.419 e. The van der Waals surface area contributed by atoms with E-state index >= 15 is 0 Å². The lowest BCUT2D eigenvalue weighted by Crippen LogP contribution is -2.29. The van der Waals surface area contributed by atoms with Crippen molar-refractivity contribution in [2.75, 3.05) is 13.7 Å². The Kier molecular flexibility index (Phi) is 4.10. The Labute approximate surface area is 108 Å². The Morgan fingerprint density at radius 3 is 2.63 bits per heavy atom. The Hall–Kier alpha value is -1.14. The van der Waals surface area contributed by atoms with Gasteiger partial charge in [-0.25, -0.2) is 4.39 Å². The maximum atomic E-state index is 13.2. The molecule has 0 aliphatic carbocycles. The van der Waals surface area contributed by atoms with Crippen LogP contribution in [0.1, 0.15) is 30.0 Å². The van der Waals surface area contributed by atoms with Gasteiger partial charge in [0.2, 0.25) is 0 Å². The summed E-state index contributed by atoms with van der Waals surface area (Å²) in [6, 6.07) is 2.73. The van der Waals surface area contributed by atoms with Gasteiger partial charge >= 0.3 is 6.18 Å². The van der Waals surface area contributed by atoms with Crippen LogP contribution in [-0.2, 0) is 10.9 Å². The Bertz CT molecular complexity index is 441. The highest BCUT2D eigenvalue weighted by Gasteiger charge is 2.35. The van der Waals surface area contributed by atoms with E-state index in [9.17, 15) is 17.6 Å². The van der Waals surface area contributed by atoms with Crippen LogP contribution in [0.2, 0.25) is 0 Å². The van der Waals surface area contributed by atoms with E-state index in [-0.39, 0.29) is 12.1 Å². The summed E-state index contributed by atoms with van der Waals surface area (Å²) in [5.41, 5.74) is -0.841. The van der Waals surface area contributed by atoms with E-state index in [2.05, 4.69) is 5.32 Å². The van der Waals surface area contributed by atoms with Crippen molar-refractivity contribution in [1.82, 2.24) is 5.32 Å². The van der Waals surface area contributed by atoms with E-state index in [1.54, 1.807) is 7.05 Å². The first-order chi connectivity index (χ1) is 8.93. The molecular weight excluding hydrogens is 262 g/mol. The van der Waals surface area contributed by atoms with Gasteiger partial charge in [0.15, 0.2) is 0 Å². The van der Waals surface area contributed by atoms with Gasteiger partial charge in [-0.1, -0.05) is 6.07 Å². The molecule has 1 aromatic rings. The zero-order valence-corrected chi connectivity index (χ0v) is 10.4. The number of benzene rings is 1. The maximum Gasteiger partial charge on any atom is 0.419 e. The van der Waals surface area contributed by atoms with E-state index in [0.29, 0.717) is 12.2 Å². The monoisotopic (exact) mass is 277 g/mol. The van der Waals surface area contributed by atoms with Crippen molar-refractivity contribution in [2.45, 2.75) is 31.2 Å². The van der Waals surface area contributed by atoms with Crippen LogP contribution in [0.15, 0.2) is 18.2 Å². The van der Waals surface area contributed by atoms with Crippen molar-refractivity contribution in [1.29, 1.82) is 0 Å². The summed E-state index contributed by atoms with van der Waals surface area (Å²) in [6.07, 6.45) is -3.19. The molecule has 0 spiro atoms. The predicted molar refractivity (Wildman–Crippen MR) is 62.2 cm³/mol. The second kappa shape index (κ2) is 5.46. The van der Waals surface area contributed by atoms with Crippen molar-refractivity contribution in [3.63, 3.8) is 0 Å². The molecule has 1 fully saturated rings. The third-order valence-electron chi connectivity index (χ3n) is 3.30. The minimum atomic E-state index is -4.69. The molecule has 2 nitrogen and oxygen atoms in total. The van der Waals surface area contributed by atoms with Crippen molar-refractivity contribution < 1.29 is 22.3 Å². The lowest BCUT2D eigenvalue weighted by atomic mass is 9.97. The van der Waals surface area contributed by atoms with Crippen LogP contribution in [-0.4, -0.2) is 19.8 Å². The number of rotatable bonds is 3. The van der Waals surface area contributed by atoms with Gasteiger partial charge < -0.3 is 10.1 Å². The highest BCUT2D eigenvalue weighted by molar-refractivity contribution is 5.30. The number of likely N-dealkylation sites (N-methyl/N-ethyl adjacent to an activating group) is 1. The highest BCUT2D eigenvalue weighted by atomic mass is 19.4. The zero-order chi connectivity index (χ0) is 14.0.